The molecule has 1 N–H and O–H groups in total. The van der Waals surface area contributed by atoms with Gasteiger partial charge in [0.15, 0.2) is 0 Å². The quantitative estimate of drug-likeness (QED) is 0.903. The largest absolute Gasteiger partial charge is 0.381 e. The second-order valence-electron chi connectivity index (χ2n) is 4.95. The molecule has 3 nitrogen and oxygen atoms in total. The molecule has 4 heteroatoms. The lowest BCUT2D eigenvalue weighted by Crippen LogP contribution is -2.34. The van der Waals surface area contributed by atoms with Crippen molar-refractivity contribution in [1.29, 1.82) is 5.26 Å². The van der Waals surface area contributed by atoms with Crippen molar-refractivity contribution < 1.29 is 9.13 Å². The van der Waals surface area contributed by atoms with Gasteiger partial charge in [-0.1, -0.05) is 13.3 Å². The highest BCUT2D eigenvalue weighted by atomic mass is 19.1. The van der Waals surface area contributed by atoms with Gasteiger partial charge in [0.25, 0.3) is 0 Å². The van der Waals surface area contributed by atoms with Gasteiger partial charge in [-0.15, -0.1) is 0 Å². The smallest absolute Gasteiger partial charge is 0.124 e. The molecule has 19 heavy (non-hydrogen) atoms. The molecule has 0 aliphatic carbocycles. The van der Waals surface area contributed by atoms with E-state index in [1.807, 2.05) is 6.07 Å². The Morgan fingerprint density at radius 2 is 2.37 bits per heavy atom. The summed E-state index contributed by atoms with van der Waals surface area (Å²) in [5, 5.41) is 12.4. The fourth-order valence-corrected chi connectivity index (χ4v) is 2.49. The molecule has 2 unspecified atom stereocenters. The van der Waals surface area contributed by atoms with Crippen LogP contribution in [-0.4, -0.2) is 18.8 Å². The summed E-state index contributed by atoms with van der Waals surface area (Å²) in [6.45, 7) is 2.89. The number of hydrogen-bond donors (Lipinski definition) is 1. The van der Waals surface area contributed by atoms with Crippen molar-refractivity contribution in [2.24, 2.45) is 0 Å². The molecular formula is C15H19FN2O. The van der Waals surface area contributed by atoms with Crippen LogP contribution in [0, 0.1) is 17.1 Å². The maximum absolute atomic E-state index is 13.1. The minimum atomic E-state index is -0.377. The number of rotatable bonds is 4. The number of hydrogen-bond acceptors (Lipinski definition) is 3. The molecule has 1 aromatic carbocycles. The Kier molecular flexibility index (Phi) is 4.75. The number of anilines is 1. The molecule has 0 saturated carbocycles. The molecule has 1 fully saturated rings. The summed E-state index contributed by atoms with van der Waals surface area (Å²) < 4.78 is 18.8. The van der Waals surface area contributed by atoms with Crippen LogP contribution in [0.15, 0.2) is 18.2 Å². The average Bonchev–Trinajstić information content (AvgIpc) is 2.41. The van der Waals surface area contributed by atoms with Gasteiger partial charge in [0.1, 0.15) is 11.9 Å². The maximum Gasteiger partial charge on any atom is 0.124 e. The van der Waals surface area contributed by atoms with E-state index in [0.29, 0.717) is 23.4 Å². The molecule has 1 saturated heterocycles. The lowest BCUT2D eigenvalue weighted by molar-refractivity contribution is 0.00597. The van der Waals surface area contributed by atoms with Gasteiger partial charge in [0.2, 0.25) is 0 Å². The van der Waals surface area contributed by atoms with Gasteiger partial charge < -0.3 is 10.1 Å². The van der Waals surface area contributed by atoms with E-state index in [2.05, 4.69) is 12.2 Å². The van der Waals surface area contributed by atoms with Crippen molar-refractivity contribution in [2.45, 2.75) is 44.8 Å². The van der Waals surface area contributed by atoms with E-state index in [0.717, 1.165) is 32.3 Å². The molecule has 1 aliphatic rings. The summed E-state index contributed by atoms with van der Waals surface area (Å²) >= 11 is 0. The molecule has 0 amide bonds. The predicted octanol–water partition coefficient (Wildman–Crippen LogP) is 3.46. The van der Waals surface area contributed by atoms with E-state index >= 15 is 0 Å². The summed E-state index contributed by atoms with van der Waals surface area (Å²) in [5.41, 5.74) is 1.07. The van der Waals surface area contributed by atoms with Crippen molar-refractivity contribution in [2.75, 3.05) is 11.9 Å². The second-order valence-corrected chi connectivity index (χ2v) is 4.95. The van der Waals surface area contributed by atoms with E-state index < -0.39 is 0 Å². The van der Waals surface area contributed by atoms with Crippen LogP contribution >= 0.6 is 0 Å². The van der Waals surface area contributed by atoms with Gasteiger partial charge in [0, 0.05) is 12.6 Å². The van der Waals surface area contributed by atoms with E-state index in [1.165, 1.54) is 12.1 Å². The Balaban J connectivity index is 2.03. The third-order valence-electron chi connectivity index (χ3n) is 3.44. The van der Waals surface area contributed by atoms with Gasteiger partial charge >= 0.3 is 0 Å². The van der Waals surface area contributed by atoms with Crippen LogP contribution in [0.1, 0.15) is 38.2 Å². The van der Waals surface area contributed by atoms with Gasteiger partial charge in [-0.3, -0.25) is 0 Å². The monoisotopic (exact) mass is 262 g/mol. The number of nitrogens with one attached hydrogen (secondary N) is 1. The van der Waals surface area contributed by atoms with Crippen molar-refractivity contribution in [3.05, 3.63) is 29.6 Å². The highest BCUT2D eigenvalue weighted by Crippen LogP contribution is 2.23. The zero-order valence-electron chi connectivity index (χ0n) is 11.2. The molecule has 102 valence electrons. The van der Waals surface area contributed by atoms with Crippen molar-refractivity contribution in [1.82, 2.24) is 0 Å². The number of benzene rings is 1. The number of nitrogens with zero attached hydrogens (tertiary/aromatic N) is 1. The fraction of sp³-hybridized carbons (Fsp3) is 0.533. The molecule has 1 aliphatic heterocycles. The number of nitriles is 1. The zero-order valence-corrected chi connectivity index (χ0v) is 11.2. The summed E-state index contributed by atoms with van der Waals surface area (Å²) in [7, 11) is 0. The molecule has 2 rings (SSSR count). The fourth-order valence-electron chi connectivity index (χ4n) is 2.49. The Bertz CT molecular complexity index is 468. The van der Waals surface area contributed by atoms with Crippen LogP contribution < -0.4 is 5.32 Å². The van der Waals surface area contributed by atoms with Crippen molar-refractivity contribution >= 4 is 5.69 Å². The third kappa shape index (κ3) is 3.68. The van der Waals surface area contributed by atoms with Crippen LogP contribution in [-0.2, 0) is 4.74 Å². The van der Waals surface area contributed by atoms with E-state index in [-0.39, 0.29) is 5.82 Å². The molecule has 0 radical (unpaired) electrons. The highest BCUT2D eigenvalue weighted by molar-refractivity contribution is 5.57. The molecular weight excluding hydrogens is 243 g/mol. The summed E-state index contributed by atoms with van der Waals surface area (Å²) in [6, 6.07) is 6.61. The van der Waals surface area contributed by atoms with E-state index in [4.69, 9.17) is 10.00 Å². The number of halogens is 1. The minimum absolute atomic E-state index is 0.294. The summed E-state index contributed by atoms with van der Waals surface area (Å²) in [4.78, 5) is 0. The highest BCUT2D eigenvalue weighted by Gasteiger charge is 2.22. The molecule has 0 spiro atoms. The summed E-state index contributed by atoms with van der Waals surface area (Å²) in [6.07, 6.45) is 4.32. The minimum Gasteiger partial charge on any atom is -0.381 e. The van der Waals surface area contributed by atoms with Gasteiger partial charge in [-0.25, -0.2) is 4.39 Å². The maximum atomic E-state index is 13.1. The lowest BCUT2D eigenvalue weighted by Gasteiger charge is -2.30. The summed E-state index contributed by atoms with van der Waals surface area (Å²) in [5.74, 6) is -0.377. The molecule has 0 bridgehead atoms. The zero-order chi connectivity index (χ0) is 13.7. The van der Waals surface area contributed by atoms with Crippen LogP contribution in [0.3, 0.4) is 0 Å². The van der Waals surface area contributed by atoms with E-state index in [1.54, 1.807) is 6.07 Å². The SMILES string of the molecule is CCCC1CC(Nc2ccc(F)cc2C#N)CCO1. The predicted molar refractivity (Wildman–Crippen MR) is 72.4 cm³/mol. The van der Waals surface area contributed by atoms with Crippen LogP contribution in [0.4, 0.5) is 10.1 Å². The Morgan fingerprint density at radius 1 is 1.53 bits per heavy atom. The van der Waals surface area contributed by atoms with Gasteiger partial charge in [-0.2, -0.15) is 5.26 Å². The first-order valence-electron chi connectivity index (χ1n) is 6.80. The lowest BCUT2D eigenvalue weighted by atomic mass is 9.99. The molecule has 1 heterocycles. The van der Waals surface area contributed by atoms with Gasteiger partial charge in [0.05, 0.1) is 17.4 Å². The Morgan fingerprint density at radius 3 is 3.11 bits per heavy atom. The standard InChI is InChI=1S/C15H19FN2O/c1-2-3-14-9-13(6-7-19-14)18-15-5-4-12(16)8-11(15)10-17/h4-5,8,13-14,18H,2-3,6-7,9H2,1H3. The van der Waals surface area contributed by atoms with E-state index in [9.17, 15) is 4.39 Å². The van der Waals surface area contributed by atoms with Crippen molar-refractivity contribution in [3.63, 3.8) is 0 Å². The van der Waals surface area contributed by atoms with Crippen LogP contribution in [0.5, 0.6) is 0 Å². The first kappa shape index (κ1) is 13.8. The second kappa shape index (κ2) is 6.53. The first-order valence-corrected chi connectivity index (χ1v) is 6.80. The molecule has 2 atom stereocenters. The van der Waals surface area contributed by atoms with Crippen LogP contribution in [0.2, 0.25) is 0 Å². The first-order chi connectivity index (χ1) is 9.22. The Hall–Kier alpha value is -1.60. The number of ether oxygens (including phenoxy) is 1. The normalized spacial score (nSPS) is 22.8. The molecule has 1 aromatic rings. The Labute approximate surface area is 113 Å². The molecule has 0 aromatic heterocycles. The van der Waals surface area contributed by atoms with Crippen molar-refractivity contribution in [3.8, 4) is 6.07 Å². The topological polar surface area (TPSA) is 45.0 Å². The van der Waals surface area contributed by atoms with Gasteiger partial charge in [-0.05, 0) is 37.5 Å². The van der Waals surface area contributed by atoms with Crippen LogP contribution in [0.25, 0.3) is 0 Å². The average molecular weight is 262 g/mol. The third-order valence-corrected chi connectivity index (χ3v) is 3.44.